The second-order valence-corrected chi connectivity index (χ2v) is 6.05. The molecule has 0 aromatic heterocycles. The van der Waals surface area contributed by atoms with E-state index in [1.807, 2.05) is 61.5 Å². The van der Waals surface area contributed by atoms with Gasteiger partial charge in [-0.3, -0.25) is 4.79 Å². The molecule has 1 aliphatic heterocycles. The van der Waals surface area contributed by atoms with Gasteiger partial charge in [0.2, 0.25) is 0 Å². The maximum Gasteiger partial charge on any atom is 0.265 e. The van der Waals surface area contributed by atoms with Crippen molar-refractivity contribution in [2.45, 2.75) is 6.92 Å². The number of ether oxygens (including phenoxy) is 2. The molecule has 1 N–H and O–H groups in total. The number of nitrogens with one attached hydrogen (secondary N) is 1. The van der Waals surface area contributed by atoms with Crippen LogP contribution in [-0.4, -0.2) is 18.3 Å². The number of hydrogen-bond acceptors (Lipinski definition) is 4. The smallest absolute Gasteiger partial charge is 0.265 e. The van der Waals surface area contributed by atoms with E-state index in [4.69, 9.17) is 9.47 Å². The molecule has 0 bridgehead atoms. The van der Waals surface area contributed by atoms with E-state index in [0.29, 0.717) is 28.7 Å². The molecule has 1 amide bonds. The molecule has 118 valence electrons. The number of anilines is 1. The number of carbonyl (C=O) groups is 1. The summed E-state index contributed by atoms with van der Waals surface area (Å²) in [5.41, 5.74) is 0.632. The quantitative estimate of drug-likeness (QED) is 0.903. The summed E-state index contributed by atoms with van der Waals surface area (Å²) in [7, 11) is 0. The van der Waals surface area contributed by atoms with Crippen LogP contribution >= 0.6 is 11.8 Å². The van der Waals surface area contributed by atoms with Crippen molar-refractivity contribution in [3.8, 4) is 11.5 Å². The van der Waals surface area contributed by atoms with Crippen molar-refractivity contribution < 1.29 is 14.3 Å². The third-order valence-corrected chi connectivity index (χ3v) is 4.41. The molecular formula is C18H17NO3S. The molecule has 0 fully saturated rings. The van der Waals surface area contributed by atoms with Crippen LogP contribution in [0.1, 0.15) is 6.92 Å². The summed E-state index contributed by atoms with van der Waals surface area (Å²) in [5, 5.41) is 2.91. The Balaban J connectivity index is 1.79. The van der Waals surface area contributed by atoms with Gasteiger partial charge in [-0.05, 0) is 31.2 Å². The molecular weight excluding hydrogens is 310 g/mol. The van der Waals surface area contributed by atoms with Crippen molar-refractivity contribution in [2.24, 2.45) is 0 Å². The molecule has 2 aromatic carbocycles. The zero-order valence-electron chi connectivity index (χ0n) is 12.7. The second-order valence-electron chi connectivity index (χ2n) is 4.95. The zero-order chi connectivity index (χ0) is 16.1. The van der Waals surface area contributed by atoms with Crippen LogP contribution in [0.3, 0.4) is 0 Å². The fourth-order valence-corrected chi connectivity index (χ4v) is 3.00. The van der Waals surface area contributed by atoms with E-state index in [0.717, 1.165) is 11.5 Å². The first-order valence-corrected chi connectivity index (χ1v) is 8.32. The first kappa shape index (κ1) is 15.5. The van der Waals surface area contributed by atoms with Crippen LogP contribution < -0.4 is 10.1 Å². The summed E-state index contributed by atoms with van der Waals surface area (Å²) in [4.78, 5) is 13.1. The molecule has 3 rings (SSSR count). The fraction of sp³-hybridized carbons (Fsp3) is 0.167. The Morgan fingerprint density at radius 1 is 1.13 bits per heavy atom. The second kappa shape index (κ2) is 7.24. The van der Waals surface area contributed by atoms with Crippen LogP contribution in [0.15, 0.2) is 65.3 Å². The van der Waals surface area contributed by atoms with Crippen molar-refractivity contribution in [2.75, 3.05) is 17.7 Å². The Labute approximate surface area is 139 Å². The summed E-state index contributed by atoms with van der Waals surface area (Å²) < 4.78 is 11.3. The molecule has 1 aliphatic rings. The molecule has 5 heteroatoms. The third-order valence-electron chi connectivity index (χ3n) is 3.28. The number of amides is 1. The summed E-state index contributed by atoms with van der Waals surface area (Å²) in [6.07, 6.45) is 0. The number of thioether (sulfide) groups is 1. The molecule has 2 aromatic rings. The summed E-state index contributed by atoms with van der Waals surface area (Å²) in [5.74, 6) is 2.60. The first-order chi connectivity index (χ1) is 11.2. The van der Waals surface area contributed by atoms with Crippen molar-refractivity contribution in [3.05, 3.63) is 65.3 Å². The van der Waals surface area contributed by atoms with Gasteiger partial charge in [-0.15, -0.1) is 11.8 Å². The number of para-hydroxylation sites is 3. The van der Waals surface area contributed by atoms with Crippen LogP contribution in [0, 0.1) is 0 Å². The van der Waals surface area contributed by atoms with E-state index in [2.05, 4.69) is 5.32 Å². The molecule has 0 atom stereocenters. The molecule has 0 saturated carbocycles. The van der Waals surface area contributed by atoms with Gasteiger partial charge >= 0.3 is 0 Å². The van der Waals surface area contributed by atoms with E-state index in [9.17, 15) is 4.79 Å². The topological polar surface area (TPSA) is 47.6 Å². The maximum absolute atomic E-state index is 12.5. The van der Waals surface area contributed by atoms with E-state index in [1.54, 1.807) is 0 Å². The van der Waals surface area contributed by atoms with E-state index < -0.39 is 0 Å². The highest BCUT2D eigenvalue weighted by atomic mass is 32.2. The van der Waals surface area contributed by atoms with E-state index in [1.165, 1.54) is 11.8 Å². The van der Waals surface area contributed by atoms with Gasteiger partial charge in [0.05, 0.1) is 12.3 Å². The van der Waals surface area contributed by atoms with E-state index >= 15 is 0 Å². The Kier molecular flexibility index (Phi) is 4.88. The largest absolute Gasteiger partial charge is 0.496 e. The minimum atomic E-state index is -0.170. The van der Waals surface area contributed by atoms with Gasteiger partial charge in [0.1, 0.15) is 16.4 Å². The van der Waals surface area contributed by atoms with Gasteiger partial charge in [-0.25, -0.2) is 0 Å². The Morgan fingerprint density at radius 2 is 1.87 bits per heavy atom. The molecule has 1 heterocycles. The molecule has 4 nitrogen and oxygen atoms in total. The van der Waals surface area contributed by atoms with Crippen LogP contribution in [0.2, 0.25) is 0 Å². The van der Waals surface area contributed by atoms with Crippen molar-refractivity contribution in [3.63, 3.8) is 0 Å². The van der Waals surface area contributed by atoms with Gasteiger partial charge in [-0.1, -0.05) is 30.3 Å². The average molecular weight is 327 g/mol. The van der Waals surface area contributed by atoms with Crippen LogP contribution in [0.25, 0.3) is 0 Å². The molecule has 0 aliphatic carbocycles. The SMILES string of the molecule is CC1=C(C(=O)Nc2ccccc2Oc2ccccc2)SCCO1. The first-order valence-electron chi connectivity index (χ1n) is 7.34. The minimum Gasteiger partial charge on any atom is -0.496 e. The average Bonchev–Trinajstić information content (AvgIpc) is 2.58. The van der Waals surface area contributed by atoms with Gasteiger partial charge < -0.3 is 14.8 Å². The summed E-state index contributed by atoms with van der Waals surface area (Å²) in [6, 6.07) is 16.9. The molecule has 0 radical (unpaired) electrons. The van der Waals surface area contributed by atoms with Crippen LogP contribution in [-0.2, 0) is 9.53 Å². The minimum absolute atomic E-state index is 0.170. The lowest BCUT2D eigenvalue weighted by molar-refractivity contribution is -0.112. The van der Waals surface area contributed by atoms with E-state index in [-0.39, 0.29) is 5.91 Å². The summed E-state index contributed by atoms with van der Waals surface area (Å²) >= 11 is 1.51. The van der Waals surface area contributed by atoms with Crippen LogP contribution in [0.5, 0.6) is 11.5 Å². The molecule has 0 unspecified atom stereocenters. The predicted octanol–water partition coefficient (Wildman–Crippen LogP) is 4.41. The number of allylic oxidation sites excluding steroid dienone is 1. The zero-order valence-corrected chi connectivity index (χ0v) is 13.6. The normalized spacial score (nSPS) is 14.1. The monoisotopic (exact) mass is 327 g/mol. The Hall–Kier alpha value is -2.40. The van der Waals surface area contributed by atoms with Crippen molar-refractivity contribution in [1.82, 2.24) is 0 Å². The van der Waals surface area contributed by atoms with Gasteiger partial charge in [0.25, 0.3) is 5.91 Å². The lowest BCUT2D eigenvalue weighted by atomic mass is 10.2. The summed E-state index contributed by atoms with van der Waals surface area (Å²) in [6.45, 7) is 2.45. The predicted molar refractivity (Wildman–Crippen MR) is 92.7 cm³/mol. The highest BCUT2D eigenvalue weighted by Gasteiger charge is 2.20. The maximum atomic E-state index is 12.5. The number of carbonyl (C=O) groups excluding carboxylic acids is 1. The number of rotatable bonds is 4. The number of benzene rings is 2. The molecule has 0 saturated heterocycles. The Morgan fingerprint density at radius 3 is 2.65 bits per heavy atom. The molecule has 0 spiro atoms. The Bertz CT molecular complexity index is 728. The van der Waals surface area contributed by atoms with Gasteiger partial charge in [0.15, 0.2) is 5.75 Å². The van der Waals surface area contributed by atoms with Gasteiger partial charge in [0, 0.05) is 5.75 Å². The standard InChI is InChI=1S/C18H17NO3S/c1-13-17(23-12-11-21-13)18(20)19-15-9-5-6-10-16(15)22-14-7-3-2-4-8-14/h2-10H,11-12H2,1H3,(H,19,20). The number of hydrogen-bond donors (Lipinski definition) is 1. The van der Waals surface area contributed by atoms with Crippen LogP contribution in [0.4, 0.5) is 5.69 Å². The lowest BCUT2D eigenvalue weighted by Gasteiger charge is -2.18. The van der Waals surface area contributed by atoms with Gasteiger partial charge in [-0.2, -0.15) is 0 Å². The molecule has 23 heavy (non-hydrogen) atoms. The van der Waals surface area contributed by atoms with Crippen molar-refractivity contribution >= 4 is 23.4 Å². The fourth-order valence-electron chi connectivity index (χ4n) is 2.18. The highest BCUT2D eigenvalue weighted by molar-refractivity contribution is 8.04. The lowest BCUT2D eigenvalue weighted by Crippen LogP contribution is -2.18. The van der Waals surface area contributed by atoms with Crippen molar-refractivity contribution in [1.29, 1.82) is 0 Å². The third kappa shape index (κ3) is 3.87. The highest BCUT2D eigenvalue weighted by Crippen LogP contribution is 2.31.